The highest BCUT2D eigenvalue weighted by Crippen LogP contribution is 2.29. The lowest BCUT2D eigenvalue weighted by molar-refractivity contribution is 0.315. The van der Waals surface area contributed by atoms with Crippen molar-refractivity contribution in [2.75, 3.05) is 4.31 Å². The van der Waals surface area contributed by atoms with Crippen LogP contribution in [-0.4, -0.2) is 18.7 Å². The standard InChI is InChI=1S/C19H15N3O3S/c23-26(24,18-13-7-12-17-19(18)21-25-20-17)22(16-10-5-2-6-11-16)14-15-8-3-1-4-9-15/h1-13H,14H2. The molecule has 0 radical (unpaired) electrons. The number of benzene rings is 3. The van der Waals surface area contributed by atoms with Crippen LogP contribution in [0.5, 0.6) is 0 Å². The van der Waals surface area contributed by atoms with Crippen molar-refractivity contribution in [3.8, 4) is 0 Å². The molecule has 0 bridgehead atoms. The number of rotatable bonds is 5. The summed E-state index contributed by atoms with van der Waals surface area (Å²) in [5, 5.41) is 7.52. The van der Waals surface area contributed by atoms with Gasteiger partial charge in [-0.05, 0) is 40.1 Å². The summed E-state index contributed by atoms with van der Waals surface area (Å²) in [4.78, 5) is 0.0658. The first-order valence-electron chi connectivity index (χ1n) is 7.99. The average Bonchev–Trinajstić information content (AvgIpc) is 3.16. The highest BCUT2D eigenvalue weighted by molar-refractivity contribution is 7.93. The first kappa shape index (κ1) is 16.3. The fourth-order valence-corrected chi connectivity index (χ4v) is 4.36. The van der Waals surface area contributed by atoms with E-state index in [-0.39, 0.29) is 17.0 Å². The third-order valence-corrected chi connectivity index (χ3v) is 5.84. The molecule has 0 aliphatic carbocycles. The molecule has 0 aliphatic rings. The van der Waals surface area contributed by atoms with E-state index in [1.807, 2.05) is 36.4 Å². The summed E-state index contributed by atoms with van der Waals surface area (Å²) in [6.45, 7) is 0.203. The summed E-state index contributed by atoms with van der Waals surface area (Å²) < 4.78 is 33.0. The van der Waals surface area contributed by atoms with Crippen LogP contribution in [0.25, 0.3) is 11.0 Å². The van der Waals surface area contributed by atoms with Gasteiger partial charge in [0.15, 0.2) is 5.52 Å². The third-order valence-electron chi connectivity index (χ3n) is 4.03. The van der Waals surface area contributed by atoms with E-state index in [9.17, 15) is 8.42 Å². The van der Waals surface area contributed by atoms with E-state index in [0.717, 1.165) is 5.56 Å². The number of nitrogens with zero attached hydrogens (tertiary/aromatic N) is 3. The topological polar surface area (TPSA) is 76.3 Å². The fourth-order valence-electron chi connectivity index (χ4n) is 2.77. The van der Waals surface area contributed by atoms with Crippen molar-refractivity contribution < 1.29 is 13.0 Å². The summed E-state index contributed by atoms with van der Waals surface area (Å²) in [5.41, 5.74) is 2.08. The molecule has 4 aromatic rings. The molecule has 7 heteroatoms. The second-order valence-electron chi connectivity index (χ2n) is 5.72. The maximum atomic E-state index is 13.5. The lowest BCUT2D eigenvalue weighted by Gasteiger charge is -2.24. The Labute approximate surface area is 150 Å². The van der Waals surface area contributed by atoms with E-state index >= 15 is 0 Å². The van der Waals surface area contributed by atoms with Crippen LogP contribution < -0.4 is 4.31 Å². The van der Waals surface area contributed by atoms with Crippen molar-refractivity contribution in [3.05, 3.63) is 84.4 Å². The molecule has 0 N–H and O–H groups in total. The SMILES string of the molecule is O=S(=O)(c1cccc2nonc12)N(Cc1ccccc1)c1ccccc1. The van der Waals surface area contributed by atoms with Crippen molar-refractivity contribution in [2.24, 2.45) is 0 Å². The van der Waals surface area contributed by atoms with Gasteiger partial charge in [0.05, 0.1) is 12.2 Å². The molecule has 0 saturated carbocycles. The zero-order valence-electron chi connectivity index (χ0n) is 13.7. The molecule has 26 heavy (non-hydrogen) atoms. The van der Waals surface area contributed by atoms with Gasteiger partial charge in [0, 0.05) is 0 Å². The molecule has 0 amide bonds. The van der Waals surface area contributed by atoms with Crippen molar-refractivity contribution in [3.63, 3.8) is 0 Å². The number of hydrogen-bond donors (Lipinski definition) is 0. The molecule has 3 aromatic carbocycles. The molecule has 0 aliphatic heterocycles. The quantitative estimate of drug-likeness (QED) is 0.540. The van der Waals surface area contributed by atoms with Crippen LogP contribution in [-0.2, 0) is 16.6 Å². The predicted molar refractivity (Wildman–Crippen MR) is 98.1 cm³/mol. The Morgan fingerprint density at radius 3 is 2.23 bits per heavy atom. The van der Waals surface area contributed by atoms with Gasteiger partial charge in [0.25, 0.3) is 10.0 Å². The van der Waals surface area contributed by atoms with Gasteiger partial charge in [0.1, 0.15) is 10.4 Å². The first-order valence-corrected chi connectivity index (χ1v) is 9.43. The second-order valence-corrected chi connectivity index (χ2v) is 7.55. The zero-order valence-corrected chi connectivity index (χ0v) is 14.5. The summed E-state index contributed by atoms with van der Waals surface area (Å²) >= 11 is 0. The molecular weight excluding hydrogens is 350 g/mol. The van der Waals surface area contributed by atoms with E-state index in [1.54, 1.807) is 36.4 Å². The minimum Gasteiger partial charge on any atom is -0.262 e. The van der Waals surface area contributed by atoms with Crippen LogP contribution >= 0.6 is 0 Å². The molecule has 1 heterocycles. The Balaban J connectivity index is 1.86. The van der Waals surface area contributed by atoms with Gasteiger partial charge >= 0.3 is 0 Å². The molecule has 130 valence electrons. The Kier molecular flexibility index (Phi) is 4.14. The van der Waals surface area contributed by atoms with Gasteiger partial charge in [-0.25, -0.2) is 13.0 Å². The van der Waals surface area contributed by atoms with Gasteiger partial charge in [-0.2, -0.15) is 0 Å². The minimum absolute atomic E-state index is 0.0658. The minimum atomic E-state index is -3.88. The Bertz CT molecular complexity index is 1130. The molecule has 0 fully saturated rings. The molecule has 4 rings (SSSR count). The highest BCUT2D eigenvalue weighted by atomic mass is 32.2. The largest absolute Gasteiger partial charge is 0.266 e. The van der Waals surface area contributed by atoms with Crippen molar-refractivity contribution in [2.45, 2.75) is 11.4 Å². The molecule has 0 saturated heterocycles. The summed E-state index contributed by atoms with van der Waals surface area (Å²) in [5.74, 6) is 0. The van der Waals surface area contributed by atoms with Gasteiger partial charge in [-0.1, -0.05) is 54.6 Å². The molecular formula is C19H15N3O3S. The maximum absolute atomic E-state index is 13.5. The fraction of sp³-hybridized carbons (Fsp3) is 0.0526. The summed E-state index contributed by atoms with van der Waals surface area (Å²) in [7, 11) is -3.88. The Hall–Kier alpha value is -3.19. The number of para-hydroxylation sites is 1. The number of aromatic nitrogens is 2. The normalized spacial score (nSPS) is 11.5. The highest BCUT2D eigenvalue weighted by Gasteiger charge is 2.28. The van der Waals surface area contributed by atoms with Crippen LogP contribution in [0.1, 0.15) is 5.56 Å². The van der Waals surface area contributed by atoms with Crippen LogP contribution in [0.2, 0.25) is 0 Å². The number of anilines is 1. The van der Waals surface area contributed by atoms with Gasteiger partial charge in [-0.15, -0.1) is 0 Å². The molecule has 6 nitrogen and oxygen atoms in total. The number of sulfonamides is 1. The summed E-state index contributed by atoms with van der Waals surface area (Å²) in [6.07, 6.45) is 0. The number of hydrogen-bond acceptors (Lipinski definition) is 5. The van der Waals surface area contributed by atoms with Crippen LogP contribution in [0.3, 0.4) is 0 Å². The molecule has 0 atom stereocenters. The first-order chi connectivity index (χ1) is 12.7. The molecule has 0 unspecified atom stereocenters. The average molecular weight is 365 g/mol. The zero-order chi connectivity index (χ0) is 18.0. The lowest BCUT2D eigenvalue weighted by atomic mass is 10.2. The van der Waals surface area contributed by atoms with E-state index < -0.39 is 10.0 Å². The second kappa shape index (κ2) is 6.61. The third kappa shape index (κ3) is 2.93. The van der Waals surface area contributed by atoms with Crippen LogP contribution in [0, 0.1) is 0 Å². The van der Waals surface area contributed by atoms with Crippen LogP contribution in [0.4, 0.5) is 5.69 Å². The van der Waals surface area contributed by atoms with Crippen LogP contribution in [0.15, 0.2) is 88.4 Å². The smallest absolute Gasteiger partial charge is 0.262 e. The van der Waals surface area contributed by atoms with Crippen molar-refractivity contribution in [1.82, 2.24) is 10.3 Å². The van der Waals surface area contributed by atoms with E-state index in [2.05, 4.69) is 10.3 Å². The van der Waals surface area contributed by atoms with Crippen molar-refractivity contribution >= 4 is 26.7 Å². The Morgan fingerprint density at radius 1 is 0.808 bits per heavy atom. The monoisotopic (exact) mass is 365 g/mol. The van der Waals surface area contributed by atoms with Gasteiger partial charge in [0.2, 0.25) is 0 Å². The lowest BCUT2D eigenvalue weighted by Crippen LogP contribution is -2.30. The Morgan fingerprint density at radius 2 is 1.50 bits per heavy atom. The molecule has 0 spiro atoms. The van der Waals surface area contributed by atoms with E-state index in [1.165, 1.54) is 10.4 Å². The van der Waals surface area contributed by atoms with Crippen molar-refractivity contribution in [1.29, 1.82) is 0 Å². The van der Waals surface area contributed by atoms with E-state index in [4.69, 9.17) is 4.63 Å². The molecule has 1 aromatic heterocycles. The van der Waals surface area contributed by atoms with E-state index in [0.29, 0.717) is 11.2 Å². The predicted octanol–water partition coefficient (Wildman–Crippen LogP) is 3.62. The maximum Gasteiger partial charge on any atom is 0.266 e. The van der Waals surface area contributed by atoms with Gasteiger partial charge < -0.3 is 0 Å². The number of fused-ring (bicyclic) bond motifs is 1. The summed E-state index contributed by atoms with van der Waals surface area (Å²) in [6, 6.07) is 23.2. The van der Waals surface area contributed by atoms with Gasteiger partial charge in [-0.3, -0.25) is 4.31 Å².